The summed E-state index contributed by atoms with van der Waals surface area (Å²) < 4.78 is 5.59. The predicted molar refractivity (Wildman–Crippen MR) is 78.4 cm³/mol. The van der Waals surface area contributed by atoms with Crippen LogP contribution in [0.25, 0.3) is 11.0 Å². The summed E-state index contributed by atoms with van der Waals surface area (Å²) >= 11 is 0. The molecular formula is C16H22N2O. The fraction of sp³-hybridized carbons (Fsp3) is 0.500. The van der Waals surface area contributed by atoms with E-state index in [4.69, 9.17) is 4.42 Å². The molecule has 1 saturated heterocycles. The second-order valence-electron chi connectivity index (χ2n) is 5.63. The largest absolute Gasteiger partial charge is 0.464 e. The van der Waals surface area contributed by atoms with Gasteiger partial charge in [-0.25, -0.2) is 0 Å². The lowest BCUT2D eigenvalue weighted by Gasteiger charge is -2.19. The van der Waals surface area contributed by atoms with Gasteiger partial charge in [0.1, 0.15) is 5.58 Å². The van der Waals surface area contributed by atoms with Gasteiger partial charge in [0.25, 0.3) is 0 Å². The number of benzene rings is 1. The molecule has 1 aliphatic heterocycles. The molecule has 1 unspecified atom stereocenters. The molecule has 1 fully saturated rings. The van der Waals surface area contributed by atoms with Crippen LogP contribution in [-0.2, 0) is 6.42 Å². The molecule has 1 aromatic heterocycles. The van der Waals surface area contributed by atoms with Crippen LogP contribution in [0.15, 0.2) is 34.9 Å². The third-order valence-electron chi connectivity index (χ3n) is 4.06. The van der Waals surface area contributed by atoms with E-state index in [-0.39, 0.29) is 0 Å². The van der Waals surface area contributed by atoms with E-state index in [0.29, 0.717) is 0 Å². The number of nitrogens with zero attached hydrogens (tertiary/aromatic N) is 1. The van der Waals surface area contributed by atoms with Crippen LogP contribution in [0.1, 0.15) is 12.0 Å². The van der Waals surface area contributed by atoms with Crippen molar-refractivity contribution in [2.45, 2.75) is 12.8 Å². The van der Waals surface area contributed by atoms with Crippen molar-refractivity contribution in [2.75, 3.05) is 33.2 Å². The van der Waals surface area contributed by atoms with Crippen molar-refractivity contribution in [3.63, 3.8) is 0 Å². The Morgan fingerprint density at radius 2 is 2.26 bits per heavy atom. The van der Waals surface area contributed by atoms with Crippen molar-refractivity contribution in [1.82, 2.24) is 10.2 Å². The Bertz CT molecular complexity index is 528. The highest BCUT2D eigenvalue weighted by molar-refractivity contribution is 5.80. The topological polar surface area (TPSA) is 28.4 Å². The van der Waals surface area contributed by atoms with E-state index < -0.39 is 0 Å². The fourth-order valence-corrected chi connectivity index (χ4v) is 2.94. The fourth-order valence-electron chi connectivity index (χ4n) is 2.94. The second kappa shape index (κ2) is 5.76. The molecule has 1 aliphatic rings. The lowest BCUT2D eigenvalue weighted by molar-refractivity contribution is 0.288. The highest BCUT2D eigenvalue weighted by Gasteiger charge is 2.16. The molecule has 102 valence electrons. The number of furan rings is 1. The molecule has 0 amide bonds. The van der Waals surface area contributed by atoms with Gasteiger partial charge >= 0.3 is 0 Å². The number of hydrogen-bond donors (Lipinski definition) is 1. The van der Waals surface area contributed by atoms with Crippen LogP contribution >= 0.6 is 0 Å². The second-order valence-corrected chi connectivity index (χ2v) is 5.63. The molecule has 0 radical (unpaired) electrons. The van der Waals surface area contributed by atoms with Crippen molar-refractivity contribution in [2.24, 2.45) is 5.92 Å². The number of para-hydroxylation sites is 1. The van der Waals surface area contributed by atoms with Gasteiger partial charge in [-0.15, -0.1) is 0 Å². The van der Waals surface area contributed by atoms with Crippen LogP contribution in [0.2, 0.25) is 0 Å². The first kappa shape index (κ1) is 12.7. The van der Waals surface area contributed by atoms with Gasteiger partial charge in [0, 0.05) is 18.5 Å². The lowest BCUT2D eigenvalue weighted by atomic mass is 10.1. The smallest absolute Gasteiger partial charge is 0.134 e. The van der Waals surface area contributed by atoms with Gasteiger partial charge in [0.2, 0.25) is 0 Å². The van der Waals surface area contributed by atoms with E-state index in [1.165, 1.54) is 37.0 Å². The summed E-state index contributed by atoms with van der Waals surface area (Å²) in [7, 11) is 2.22. The van der Waals surface area contributed by atoms with Gasteiger partial charge < -0.3 is 14.6 Å². The molecule has 0 spiro atoms. The number of fused-ring (bicyclic) bond motifs is 1. The third-order valence-corrected chi connectivity index (χ3v) is 4.06. The summed E-state index contributed by atoms with van der Waals surface area (Å²) in [6, 6.07) is 8.28. The molecule has 3 heteroatoms. The summed E-state index contributed by atoms with van der Waals surface area (Å²) in [6.45, 7) is 4.66. The van der Waals surface area contributed by atoms with Crippen LogP contribution < -0.4 is 5.32 Å². The Labute approximate surface area is 114 Å². The van der Waals surface area contributed by atoms with Crippen molar-refractivity contribution < 1.29 is 4.42 Å². The zero-order valence-corrected chi connectivity index (χ0v) is 11.6. The van der Waals surface area contributed by atoms with Crippen LogP contribution in [0.4, 0.5) is 0 Å². The van der Waals surface area contributed by atoms with Gasteiger partial charge in [-0.3, -0.25) is 0 Å². The first-order valence-electron chi connectivity index (χ1n) is 7.17. The molecule has 0 saturated carbocycles. The van der Waals surface area contributed by atoms with Gasteiger partial charge in [-0.05, 0) is 50.5 Å². The van der Waals surface area contributed by atoms with E-state index in [1.54, 1.807) is 0 Å². The van der Waals surface area contributed by atoms with Crippen LogP contribution in [-0.4, -0.2) is 38.1 Å². The summed E-state index contributed by atoms with van der Waals surface area (Å²) in [4.78, 5) is 2.44. The maximum Gasteiger partial charge on any atom is 0.134 e. The molecule has 19 heavy (non-hydrogen) atoms. The molecule has 1 aromatic carbocycles. The first-order chi connectivity index (χ1) is 9.33. The average Bonchev–Trinajstić information content (AvgIpc) is 3.05. The monoisotopic (exact) mass is 258 g/mol. The minimum atomic E-state index is 0.825. The lowest BCUT2D eigenvalue weighted by Crippen LogP contribution is -2.28. The molecule has 0 bridgehead atoms. The Balaban J connectivity index is 1.56. The van der Waals surface area contributed by atoms with E-state index >= 15 is 0 Å². The van der Waals surface area contributed by atoms with Crippen LogP contribution in [0.3, 0.4) is 0 Å². The predicted octanol–water partition coefficient (Wildman–Crippen LogP) is 2.52. The van der Waals surface area contributed by atoms with Crippen LogP contribution in [0.5, 0.6) is 0 Å². The standard InChI is InChI=1S/C16H22N2O/c1-18(11-13-6-8-17-10-13)9-7-14-12-19-16-5-3-2-4-15(14)16/h2-5,12-13,17H,6-11H2,1H3. The summed E-state index contributed by atoms with van der Waals surface area (Å²) in [6.07, 6.45) is 4.29. The average molecular weight is 258 g/mol. The summed E-state index contributed by atoms with van der Waals surface area (Å²) in [5.41, 5.74) is 2.33. The Morgan fingerprint density at radius 3 is 3.11 bits per heavy atom. The summed E-state index contributed by atoms with van der Waals surface area (Å²) in [5.74, 6) is 0.825. The van der Waals surface area contributed by atoms with Gasteiger partial charge in [-0.1, -0.05) is 18.2 Å². The molecule has 3 nitrogen and oxygen atoms in total. The number of nitrogens with one attached hydrogen (secondary N) is 1. The highest BCUT2D eigenvalue weighted by Crippen LogP contribution is 2.21. The molecule has 2 heterocycles. The number of hydrogen-bond acceptors (Lipinski definition) is 3. The maximum absolute atomic E-state index is 5.59. The van der Waals surface area contributed by atoms with Gasteiger partial charge in [-0.2, -0.15) is 0 Å². The van der Waals surface area contributed by atoms with E-state index in [0.717, 1.165) is 24.5 Å². The maximum atomic E-state index is 5.59. The normalized spacial score (nSPS) is 19.6. The third kappa shape index (κ3) is 2.99. The minimum Gasteiger partial charge on any atom is -0.464 e. The zero-order valence-electron chi connectivity index (χ0n) is 11.6. The quantitative estimate of drug-likeness (QED) is 0.893. The summed E-state index contributed by atoms with van der Waals surface area (Å²) in [5, 5.41) is 4.69. The van der Waals surface area contributed by atoms with Crippen molar-refractivity contribution >= 4 is 11.0 Å². The van der Waals surface area contributed by atoms with E-state index in [1.807, 2.05) is 18.4 Å². The van der Waals surface area contributed by atoms with Crippen molar-refractivity contribution in [1.29, 1.82) is 0 Å². The van der Waals surface area contributed by atoms with Crippen LogP contribution in [0, 0.1) is 5.92 Å². The molecule has 0 aliphatic carbocycles. The molecular weight excluding hydrogens is 236 g/mol. The van der Waals surface area contributed by atoms with Gasteiger partial charge in [0.15, 0.2) is 0 Å². The Morgan fingerprint density at radius 1 is 1.37 bits per heavy atom. The Kier molecular flexibility index (Phi) is 3.85. The number of rotatable bonds is 5. The molecule has 1 atom stereocenters. The number of likely N-dealkylation sites (N-methyl/N-ethyl adjacent to an activating group) is 1. The Hall–Kier alpha value is -1.32. The molecule has 3 rings (SSSR count). The molecule has 2 aromatic rings. The van der Waals surface area contributed by atoms with Crippen molar-refractivity contribution in [3.05, 3.63) is 36.1 Å². The van der Waals surface area contributed by atoms with Crippen molar-refractivity contribution in [3.8, 4) is 0 Å². The highest BCUT2D eigenvalue weighted by atomic mass is 16.3. The SMILES string of the molecule is CN(CCc1coc2ccccc12)CC1CCNC1. The molecule has 1 N–H and O–H groups in total. The first-order valence-corrected chi connectivity index (χ1v) is 7.17. The van der Waals surface area contributed by atoms with Gasteiger partial charge in [0.05, 0.1) is 6.26 Å². The van der Waals surface area contributed by atoms with E-state index in [2.05, 4.69) is 29.4 Å². The van der Waals surface area contributed by atoms with E-state index in [9.17, 15) is 0 Å². The zero-order chi connectivity index (χ0) is 13.1. The minimum absolute atomic E-state index is 0.825.